The quantitative estimate of drug-likeness (QED) is 0.773. The molecule has 2 aliphatic rings. The molecule has 0 aromatic rings. The van der Waals surface area contributed by atoms with E-state index in [4.69, 9.17) is 15.2 Å². The maximum absolute atomic E-state index is 5.87. The third kappa shape index (κ3) is 3.92. The maximum Gasteiger partial charge on any atom is 0.0935 e. The molecule has 0 spiro atoms. The van der Waals surface area contributed by atoms with Gasteiger partial charge in [0.2, 0.25) is 0 Å². The highest BCUT2D eigenvalue weighted by Gasteiger charge is 2.27. The van der Waals surface area contributed by atoms with Gasteiger partial charge < -0.3 is 15.2 Å². The first-order valence-electron chi connectivity index (χ1n) is 7.45. The van der Waals surface area contributed by atoms with Gasteiger partial charge in [-0.3, -0.25) is 4.90 Å². The smallest absolute Gasteiger partial charge is 0.0935 e. The minimum absolute atomic E-state index is 0.261. The Morgan fingerprint density at radius 2 is 2.11 bits per heavy atom. The Labute approximate surface area is 111 Å². The molecule has 0 aromatic heterocycles. The minimum atomic E-state index is 0.261. The van der Waals surface area contributed by atoms with Gasteiger partial charge in [-0.05, 0) is 37.8 Å². The molecule has 0 amide bonds. The first-order chi connectivity index (χ1) is 8.83. The largest absolute Gasteiger partial charge is 0.378 e. The summed E-state index contributed by atoms with van der Waals surface area (Å²) < 4.78 is 11.6. The van der Waals surface area contributed by atoms with Crippen LogP contribution in [0.1, 0.15) is 26.2 Å². The molecule has 1 saturated carbocycles. The number of hydrogen-bond acceptors (Lipinski definition) is 4. The molecule has 0 aromatic carbocycles. The molecule has 18 heavy (non-hydrogen) atoms. The number of morpholine rings is 1. The molecule has 0 bridgehead atoms. The topological polar surface area (TPSA) is 47.7 Å². The third-order valence-corrected chi connectivity index (χ3v) is 4.43. The summed E-state index contributed by atoms with van der Waals surface area (Å²) >= 11 is 0. The minimum Gasteiger partial charge on any atom is -0.378 e. The molecule has 4 nitrogen and oxygen atoms in total. The van der Waals surface area contributed by atoms with E-state index in [0.29, 0.717) is 11.8 Å². The van der Waals surface area contributed by atoms with Gasteiger partial charge in [-0.25, -0.2) is 0 Å². The van der Waals surface area contributed by atoms with Crippen LogP contribution in [0.25, 0.3) is 0 Å². The number of ether oxygens (including phenoxy) is 2. The Bertz CT molecular complexity index is 238. The van der Waals surface area contributed by atoms with E-state index in [9.17, 15) is 0 Å². The zero-order valence-corrected chi connectivity index (χ0v) is 11.6. The number of nitrogens with two attached hydrogens (primary N) is 1. The van der Waals surface area contributed by atoms with Crippen molar-refractivity contribution < 1.29 is 9.47 Å². The summed E-state index contributed by atoms with van der Waals surface area (Å²) in [7, 11) is 0. The summed E-state index contributed by atoms with van der Waals surface area (Å²) in [6.45, 7) is 8.66. The molecule has 1 saturated heterocycles. The van der Waals surface area contributed by atoms with Crippen LogP contribution in [0.15, 0.2) is 0 Å². The highest BCUT2D eigenvalue weighted by molar-refractivity contribution is 4.78. The van der Waals surface area contributed by atoms with Gasteiger partial charge >= 0.3 is 0 Å². The van der Waals surface area contributed by atoms with Gasteiger partial charge in [-0.1, -0.05) is 13.3 Å². The van der Waals surface area contributed by atoms with Crippen LogP contribution in [0, 0.1) is 11.8 Å². The van der Waals surface area contributed by atoms with Crippen molar-refractivity contribution in [3.8, 4) is 0 Å². The zero-order chi connectivity index (χ0) is 12.8. The van der Waals surface area contributed by atoms with E-state index in [1.54, 1.807) is 0 Å². The molecule has 1 heterocycles. The Morgan fingerprint density at radius 3 is 2.89 bits per heavy atom. The van der Waals surface area contributed by atoms with E-state index in [0.717, 1.165) is 46.0 Å². The standard InChI is InChI=1S/C14H28N2O2/c1-2-16-6-7-18-14(9-16)11-17-10-13-5-3-4-12(13)8-15/h12-14H,2-11,15H2,1H3. The summed E-state index contributed by atoms with van der Waals surface area (Å²) in [5.41, 5.74) is 5.79. The lowest BCUT2D eigenvalue weighted by Crippen LogP contribution is -2.44. The molecule has 4 heteroatoms. The van der Waals surface area contributed by atoms with E-state index in [-0.39, 0.29) is 6.10 Å². The van der Waals surface area contributed by atoms with Gasteiger partial charge in [0.25, 0.3) is 0 Å². The van der Waals surface area contributed by atoms with E-state index in [1.807, 2.05) is 0 Å². The SMILES string of the molecule is CCN1CCOC(COCC2CCCC2CN)C1. The molecule has 1 aliphatic heterocycles. The number of nitrogens with zero attached hydrogens (tertiary/aromatic N) is 1. The fourth-order valence-corrected chi connectivity index (χ4v) is 3.16. The lowest BCUT2D eigenvalue weighted by atomic mass is 9.97. The van der Waals surface area contributed by atoms with Gasteiger partial charge in [0, 0.05) is 19.7 Å². The van der Waals surface area contributed by atoms with Crippen molar-refractivity contribution in [2.45, 2.75) is 32.3 Å². The van der Waals surface area contributed by atoms with Crippen molar-refractivity contribution in [2.75, 3.05) is 46.0 Å². The molecule has 3 unspecified atom stereocenters. The van der Waals surface area contributed by atoms with Crippen molar-refractivity contribution in [3.63, 3.8) is 0 Å². The summed E-state index contributed by atoms with van der Waals surface area (Å²) in [6, 6.07) is 0. The van der Waals surface area contributed by atoms with Gasteiger partial charge in [0.05, 0.1) is 19.3 Å². The van der Waals surface area contributed by atoms with Crippen LogP contribution in [0.3, 0.4) is 0 Å². The number of likely N-dealkylation sites (N-methyl/N-ethyl adjacent to an activating group) is 1. The van der Waals surface area contributed by atoms with Crippen LogP contribution < -0.4 is 5.73 Å². The first kappa shape index (κ1) is 14.3. The summed E-state index contributed by atoms with van der Waals surface area (Å²) in [5.74, 6) is 1.37. The predicted molar refractivity (Wildman–Crippen MR) is 72.6 cm³/mol. The summed E-state index contributed by atoms with van der Waals surface area (Å²) in [5, 5.41) is 0. The van der Waals surface area contributed by atoms with Crippen molar-refractivity contribution in [3.05, 3.63) is 0 Å². The Balaban J connectivity index is 1.62. The number of hydrogen-bond donors (Lipinski definition) is 1. The molecule has 1 aliphatic carbocycles. The second-order valence-electron chi connectivity index (χ2n) is 5.61. The van der Waals surface area contributed by atoms with Crippen LogP contribution in [0.2, 0.25) is 0 Å². The van der Waals surface area contributed by atoms with Crippen molar-refractivity contribution >= 4 is 0 Å². The lowest BCUT2D eigenvalue weighted by Gasteiger charge is -2.32. The second kappa shape index (κ2) is 7.43. The van der Waals surface area contributed by atoms with E-state index in [2.05, 4.69) is 11.8 Å². The van der Waals surface area contributed by atoms with Gasteiger partial charge in [0.15, 0.2) is 0 Å². The molecule has 0 radical (unpaired) electrons. The monoisotopic (exact) mass is 256 g/mol. The lowest BCUT2D eigenvalue weighted by molar-refractivity contribution is -0.0734. The van der Waals surface area contributed by atoms with Crippen LogP contribution >= 0.6 is 0 Å². The molecular formula is C14H28N2O2. The van der Waals surface area contributed by atoms with E-state index in [1.165, 1.54) is 19.3 Å². The van der Waals surface area contributed by atoms with E-state index < -0.39 is 0 Å². The van der Waals surface area contributed by atoms with Crippen LogP contribution in [-0.4, -0.2) is 57.0 Å². The normalized spacial score (nSPS) is 34.0. The Kier molecular flexibility index (Phi) is 5.89. The van der Waals surface area contributed by atoms with Gasteiger partial charge in [-0.2, -0.15) is 0 Å². The molecule has 2 N–H and O–H groups in total. The van der Waals surface area contributed by atoms with Crippen molar-refractivity contribution in [2.24, 2.45) is 17.6 Å². The highest BCUT2D eigenvalue weighted by Crippen LogP contribution is 2.31. The zero-order valence-electron chi connectivity index (χ0n) is 11.6. The molecule has 2 fully saturated rings. The Morgan fingerprint density at radius 1 is 1.28 bits per heavy atom. The number of rotatable bonds is 6. The summed E-state index contributed by atoms with van der Waals surface area (Å²) in [4.78, 5) is 2.43. The first-order valence-corrected chi connectivity index (χ1v) is 7.45. The van der Waals surface area contributed by atoms with Crippen LogP contribution in [0.4, 0.5) is 0 Å². The highest BCUT2D eigenvalue weighted by atomic mass is 16.5. The predicted octanol–water partition coefficient (Wildman–Crippen LogP) is 1.10. The molecule has 106 valence electrons. The van der Waals surface area contributed by atoms with Crippen LogP contribution in [-0.2, 0) is 9.47 Å². The molecule has 3 atom stereocenters. The average Bonchev–Trinajstić information content (AvgIpc) is 2.86. The molecular weight excluding hydrogens is 228 g/mol. The van der Waals surface area contributed by atoms with Crippen molar-refractivity contribution in [1.29, 1.82) is 0 Å². The second-order valence-corrected chi connectivity index (χ2v) is 5.61. The third-order valence-electron chi connectivity index (χ3n) is 4.43. The Hall–Kier alpha value is -0.160. The summed E-state index contributed by atoms with van der Waals surface area (Å²) in [6.07, 6.45) is 4.15. The van der Waals surface area contributed by atoms with E-state index >= 15 is 0 Å². The maximum atomic E-state index is 5.87. The fraction of sp³-hybridized carbons (Fsp3) is 1.00. The molecule has 2 rings (SSSR count). The fourth-order valence-electron chi connectivity index (χ4n) is 3.16. The van der Waals surface area contributed by atoms with Crippen LogP contribution in [0.5, 0.6) is 0 Å². The van der Waals surface area contributed by atoms with Crippen molar-refractivity contribution in [1.82, 2.24) is 4.90 Å². The van der Waals surface area contributed by atoms with Gasteiger partial charge in [0.1, 0.15) is 0 Å². The van der Waals surface area contributed by atoms with Gasteiger partial charge in [-0.15, -0.1) is 0 Å². The average molecular weight is 256 g/mol.